The van der Waals surface area contributed by atoms with Crippen molar-refractivity contribution in [1.82, 2.24) is 15.1 Å². The first-order valence-electron chi connectivity index (χ1n) is 12.9. The molecule has 0 aliphatic carbocycles. The van der Waals surface area contributed by atoms with Crippen LogP contribution in [0.2, 0.25) is 0 Å². The Balaban J connectivity index is 1.51. The molecule has 2 aromatic carbocycles. The number of piperazine rings is 1. The molecule has 39 heavy (non-hydrogen) atoms. The van der Waals surface area contributed by atoms with Crippen LogP contribution in [0.5, 0.6) is 11.5 Å². The molecule has 0 radical (unpaired) electrons. The predicted molar refractivity (Wildman–Crippen MR) is 141 cm³/mol. The van der Waals surface area contributed by atoms with Crippen molar-refractivity contribution in [3.63, 3.8) is 0 Å². The number of ether oxygens (including phenoxy) is 2. The summed E-state index contributed by atoms with van der Waals surface area (Å²) in [6, 6.07) is 8.63. The van der Waals surface area contributed by atoms with E-state index in [0.29, 0.717) is 36.6 Å². The second-order valence-corrected chi connectivity index (χ2v) is 9.98. The molecule has 0 unspecified atom stereocenters. The summed E-state index contributed by atoms with van der Waals surface area (Å²) >= 11 is 0. The van der Waals surface area contributed by atoms with Crippen LogP contribution in [0.4, 0.5) is 16.2 Å². The lowest BCUT2D eigenvalue weighted by atomic mass is 9.67. The fourth-order valence-corrected chi connectivity index (χ4v) is 6.00. The number of hydrogen-bond acceptors (Lipinski definition) is 9. The van der Waals surface area contributed by atoms with E-state index in [9.17, 15) is 24.5 Å². The Morgan fingerprint density at radius 1 is 1.08 bits per heavy atom. The summed E-state index contributed by atoms with van der Waals surface area (Å²) in [6.45, 7) is 4.52. The number of likely N-dealkylation sites (N-methyl/N-ethyl adjacent to an activating group) is 1. The largest absolute Gasteiger partial charge is 0.493 e. The number of nitrogens with zero attached hydrogens (tertiary/aromatic N) is 4. The highest BCUT2D eigenvalue weighted by atomic mass is 16.6. The Bertz CT molecular complexity index is 1350. The van der Waals surface area contributed by atoms with Crippen LogP contribution < -0.4 is 19.7 Å². The standard InChI is InChI=1S/C27H31N5O7/c1-4-29-11-12-30-20-7-6-19(32(36)37)14-18(20)15-27(23(30)16-29)24(33)28-26(35)31(25(27)34)10-9-17-5-8-21(38-2)22(13-17)39-3/h5-8,13-14,23H,4,9-12,15-16H2,1-3H3,(H,28,33,35)/t23-,27+/m1/s1. The van der Waals surface area contributed by atoms with Crippen molar-refractivity contribution >= 4 is 29.2 Å². The zero-order chi connectivity index (χ0) is 27.9. The van der Waals surface area contributed by atoms with Crippen LogP contribution in [0.1, 0.15) is 18.1 Å². The molecule has 2 aromatic rings. The molecule has 5 rings (SSSR count). The number of rotatable bonds is 7. The maximum atomic E-state index is 14.3. The highest BCUT2D eigenvalue weighted by molar-refractivity contribution is 6.20. The first-order valence-corrected chi connectivity index (χ1v) is 12.9. The van der Waals surface area contributed by atoms with Crippen molar-refractivity contribution < 1.29 is 28.8 Å². The third kappa shape index (κ3) is 4.34. The fraction of sp³-hybridized carbons (Fsp3) is 0.444. The number of barbiturate groups is 1. The van der Waals surface area contributed by atoms with E-state index in [2.05, 4.69) is 10.2 Å². The van der Waals surface area contributed by atoms with Crippen LogP contribution >= 0.6 is 0 Å². The molecule has 1 spiro atoms. The molecule has 3 aliphatic heterocycles. The smallest absolute Gasteiger partial charge is 0.330 e. The van der Waals surface area contributed by atoms with Gasteiger partial charge in [0, 0.05) is 50.4 Å². The highest BCUT2D eigenvalue weighted by Gasteiger charge is 2.62. The third-order valence-corrected chi connectivity index (χ3v) is 8.10. The Hall–Kier alpha value is -4.19. The van der Waals surface area contributed by atoms with Gasteiger partial charge in [0.2, 0.25) is 11.8 Å². The summed E-state index contributed by atoms with van der Waals surface area (Å²) in [5.74, 6) is -0.156. The van der Waals surface area contributed by atoms with Gasteiger partial charge in [0.25, 0.3) is 5.69 Å². The van der Waals surface area contributed by atoms with Crippen molar-refractivity contribution in [2.24, 2.45) is 5.41 Å². The zero-order valence-electron chi connectivity index (χ0n) is 22.1. The summed E-state index contributed by atoms with van der Waals surface area (Å²) in [6.07, 6.45) is 0.300. The van der Waals surface area contributed by atoms with Gasteiger partial charge >= 0.3 is 6.03 Å². The van der Waals surface area contributed by atoms with Gasteiger partial charge in [0.05, 0.1) is 25.2 Å². The van der Waals surface area contributed by atoms with E-state index < -0.39 is 34.2 Å². The SMILES string of the molecule is CCN1CCN2c3ccc([N+](=O)[O-])cc3C[C@@]3(C(=O)NC(=O)N(CCc4ccc(OC)c(OC)c4)C3=O)[C@H]2C1. The molecular weight excluding hydrogens is 506 g/mol. The minimum absolute atomic E-state index is 0.0342. The molecule has 0 bridgehead atoms. The highest BCUT2D eigenvalue weighted by Crippen LogP contribution is 2.46. The monoisotopic (exact) mass is 537 g/mol. The first kappa shape index (κ1) is 26.4. The van der Waals surface area contributed by atoms with E-state index in [0.717, 1.165) is 29.2 Å². The normalized spacial score (nSPS) is 22.8. The Kier molecular flexibility index (Phi) is 6.89. The second-order valence-electron chi connectivity index (χ2n) is 9.98. The van der Waals surface area contributed by atoms with Crippen LogP contribution in [-0.2, 0) is 22.4 Å². The number of carbonyl (C=O) groups is 3. The van der Waals surface area contributed by atoms with Crippen LogP contribution in [0.3, 0.4) is 0 Å². The van der Waals surface area contributed by atoms with E-state index in [4.69, 9.17) is 9.47 Å². The lowest BCUT2D eigenvalue weighted by Crippen LogP contribution is -2.75. The summed E-state index contributed by atoms with van der Waals surface area (Å²) in [7, 11) is 3.06. The molecule has 2 atom stereocenters. The number of imide groups is 2. The number of fused-ring (bicyclic) bond motifs is 4. The number of nitro groups is 1. The Morgan fingerprint density at radius 3 is 2.54 bits per heavy atom. The van der Waals surface area contributed by atoms with Crippen molar-refractivity contribution in [3.05, 3.63) is 57.6 Å². The number of nitrogens with one attached hydrogen (secondary N) is 1. The van der Waals surface area contributed by atoms with E-state index >= 15 is 0 Å². The number of nitro benzene ring substituents is 1. The molecule has 4 amide bonds. The number of anilines is 1. The number of methoxy groups -OCH3 is 2. The third-order valence-electron chi connectivity index (χ3n) is 8.10. The van der Waals surface area contributed by atoms with Crippen LogP contribution in [-0.4, -0.2) is 85.6 Å². The van der Waals surface area contributed by atoms with Crippen LogP contribution in [0.15, 0.2) is 36.4 Å². The Labute approximate surface area is 225 Å². The summed E-state index contributed by atoms with van der Waals surface area (Å²) in [5, 5.41) is 14.0. The minimum Gasteiger partial charge on any atom is -0.493 e. The van der Waals surface area contributed by atoms with Gasteiger partial charge in [0.15, 0.2) is 16.9 Å². The van der Waals surface area contributed by atoms with Crippen molar-refractivity contribution in [3.8, 4) is 11.5 Å². The van der Waals surface area contributed by atoms with Gasteiger partial charge in [-0.05, 0) is 42.3 Å². The summed E-state index contributed by atoms with van der Waals surface area (Å²) < 4.78 is 10.7. The number of carbonyl (C=O) groups excluding carboxylic acids is 3. The van der Waals surface area contributed by atoms with Crippen molar-refractivity contribution in [2.75, 3.05) is 51.8 Å². The molecule has 3 heterocycles. The number of benzene rings is 2. The van der Waals surface area contributed by atoms with E-state index in [1.54, 1.807) is 18.2 Å². The summed E-state index contributed by atoms with van der Waals surface area (Å²) in [4.78, 5) is 57.2. The lowest BCUT2D eigenvalue weighted by molar-refractivity contribution is -0.384. The Morgan fingerprint density at radius 2 is 1.85 bits per heavy atom. The van der Waals surface area contributed by atoms with Gasteiger partial charge in [-0.15, -0.1) is 0 Å². The molecule has 3 aliphatic rings. The quantitative estimate of drug-likeness (QED) is 0.320. The topological polar surface area (TPSA) is 135 Å². The van der Waals surface area contributed by atoms with Crippen molar-refractivity contribution in [1.29, 1.82) is 0 Å². The van der Waals surface area contributed by atoms with Crippen LogP contribution in [0, 0.1) is 15.5 Å². The van der Waals surface area contributed by atoms with Crippen LogP contribution in [0.25, 0.3) is 0 Å². The first-order chi connectivity index (χ1) is 18.7. The molecule has 12 heteroatoms. The van der Waals surface area contributed by atoms with Gasteiger partial charge in [-0.2, -0.15) is 0 Å². The average molecular weight is 538 g/mol. The van der Waals surface area contributed by atoms with Gasteiger partial charge in [-0.25, -0.2) is 4.79 Å². The van der Waals surface area contributed by atoms with Gasteiger partial charge in [0.1, 0.15) is 0 Å². The van der Waals surface area contributed by atoms with Crippen molar-refractivity contribution in [2.45, 2.75) is 25.8 Å². The zero-order valence-corrected chi connectivity index (χ0v) is 22.1. The fourth-order valence-electron chi connectivity index (χ4n) is 6.00. The predicted octanol–water partition coefficient (Wildman–Crippen LogP) is 1.99. The van der Waals surface area contributed by atoms with E-state index in [1.165, 1.54) is 26.4 Å². The number of urea groups is 1. The minimum atomic E-state index is -1.61. The molecule has 2 saturated heterocycles. The number of non-ortho nitro benzene ring substituents is 1. The maximum absolute atomic E-state index is 14.3. The molecule has 2 fully saturated rings. The molecule has 0 aromatic heterocycles. The van der Waals surface area contributed by atoms with Gasteiger partial charge < -0.3 is 14.4 Å². The molecule has 12 nitrogen and oxygen atoms in total. The summed E-state index contributed by atoms with van der Waals surface area (Å²) in [5.41, 5.74) is 0.422. The second kappa shape index (κ2) is 10.2. The van der Waals surface area contributed by atoms with E-state index in [1.807, 2.05) is 17.9 Å². The maximum Gasteiger partial charge on any atom is 0.330 e. The number of hydrogen-bond donors (Lipinski definition) is 1. The molecule has 0 saturated carbocycles. The molecule has 206 valence electrons. The molecular formula is C27H31N5O7. The van der Waals surface area contributed by atoms with Gasteiger partial charge in [-0.3, -0.25) is 34.8 Å². The lowest BCUT2D eigenvalue weighted by Gasteiger charge is -2.55. The van der Waals surface area contributed by atoms with Gasteiger partial charge in [-0.1, -0.05) is 13.0 Å². The van der Waals surface area contributed by atoms with E-state index in [-0.39, 0.29) is 18.7 Å². The number of amides is 4. The molecule has 1 N–H and O–H groups in total. The average Bonchev–Trinajstić information content (AvgIpc) is 2.94.